The quantitative estimate of drug-likeness (QED) is 0.554. The van der Waals surface area contributed by atoms with Crippen molar-refractivity contribution in [3.63, 3.8) is 0 Å². The molecule has 0 aliphatic heterocycles. The molecule has 0 unspecified atom stereocenters. The van der Waals surface area contributed by atoms with Gasteiger partial charge in [0.15, 0.2) is 5.78 Å². The molecule has 0 aromatic heterocycles. The van der Waals surface area contributed by atoms with Crippen LogP contribution in [0.1, 0.15) is 32.6 Å². The van der Waals surface area contributed by atoms with Gasteiger partial charge in [0.05, 0.1) is 0 Å². The van der Waals surface area contributed by atoms with Crippen LogP contribution in [0.5, 0.6) is 0 Å². The molecular weight excluding hydrogens is 160 g/mol. The average Bonchev–Trinajstić information content (AvgIpc) is 2.74. The molecule has 1 nitrogen and oxygen atoms in total. The monoisotopic (exact) mass is 176 g/mol. The lowest BCUT2D eigenvalue weighted by Crippen LogP contribution is -2.38. The fourth-order valence-electron chi connectivity index (χ4n) is 4.13. The molecule has 2 fully saturated rings. The van der Waals surface area contributed by atoms with Crippen LogP contribution in [0.3, 0.4) is 0 Å². The van der Waals surface area contributed by atoms with Crippen LogP contribution < -0.4 is 0 Å². The minimum atomic E-state index is 0.0723. The van der Waals surface area contributed by atoms with Gasteiger partial charge in [-0.15, -0.1) is 0 Å². The van der Waals surface area contributed by atoms with E-state index in [1.807, 2.05) is 6.08 Å². The number of ketones is 1. The molecule has 1 spiro atoms. The Bertz CT molecular complexity index is 287. The fraction of sp³-hybridized carbons (Fsp3) is 0.750. The van der Waals surface area contributed by atoms with Gasteiger partial charge in [0.2, 0.25) is 0 Å². The third kappa shape index (κ3) is 0.722. The molecule has 2 bridgehead atoms. The van der Waals surface area contributed by atoms with Crippen LogP contribution in [-0.2, 0) is 4.79 Å². The molecule has 3 aliphatic rings. The Kier molecular flexibility index (Phi) is 1.35. The first-order chi connectivity index (χ1) is 6.25. The van der Waals surface area contributed by atoms with E-state index in [1.165, 1.54) is 19.3 Å². The second kappa shape index (κ2) is 2.26. The largest absolute Gasteiger partial charge is 0.294 e. The highest BCUT2D eigenvalue weighted by molar-refractivity contribution is 5.98. The van der Waals surface area contributed by atoms with E-state index in [0.717, 1.165) is 18.3 Å². The Labute approximate surface area is 79.2 Å². The molecule has 70 valence electrons. The Balaban J connectivity index is 2.04. The lowest BCUT2D eigenvalue weighted by molar-refractivity contribution is -0.128. The number of hydrogen-bond acceptors (Lipinski definition) is 1. The van der Waals surface area contributed by atoms with E-state index in [2.05, 4.69) is 13.0 Å². The van der Waals surface area contributed by atoms with E-state index < -0.39 is 0 Å². The van der Waals surface area contributed by atoms with E-state index in [9.17, 15) is 4.79 Å². The zero-order chi connectivity index (χ0) is 9.05. The summed E-state index contributed by atoms with van der Waals surface area (Å²) in [7, 11) is 0. The van der Waals surface area contributed by atoms with E-state index in [1.54, 1.807) is 0 Å². The molecule has 3 aliphatic carbocycles. The smallest absolute Gasteiger partial charge is 0.162 e. The van der Waals surface area contributed by atoms with E-state index in [4.69, 9.17) is 0 Å². The Morgan fingerprint density at radius 1 is 1.46 bits per heavy atom. The summed E-state index contributed by atoms with van der Waals surface area (Å²) < 4.78 is 0. The Morgan fingerprint density at radius 2 is 2.31 bits per heavy atom. The summed E-state index contributed by atoms with van der Waals surface area (Å²) in [5.74, 6) is 2.66. The molecule has 2 saturated carbocycles. The maximum Gasteiger partial charge on any atom is 0.162 e. The van der Waals surface area contributed by atoms with Gasteiger partial charge in [-0.2, -0.15) is 0 Å². The van der Waals surface area contributed by atoms with Gasteiger partial charge in [-0.3, -0.25) is 4.79 Å². The van der Waals surface area contributed by atoms with Crippen LogP contribution in [0.2, 0.25) is 0 Å². The molecule has 0 heterocycles. The minimum Gasteiger partial charge on any atom is -0.294 e. The van der Waals surface area contributed by atoms with E-state index >= 15 is 0 Å². The summed E-state index contributed by atoms with van der Waals surface area (Å²) in [6.45, 7) is 2.30. The van der Waals surface area contributed by atoms with Crippen LogP contribution in [0.4, 0.5) is 0 Å². The summed E-state index contributed by atoms with van der Waals surface area (Å²) in [4.78, 5) is 11.9. The summed E-state index contributed by atoms with van der Waals surface area (Å²) in [6.07, 6.45) is 8.97. The Hall–Kier alpha value is -0.590. The minimum absolute atomic E-state index is 0.0723. The predicted molar refractivity (Wildman–Crippen MR) is 51.2 cm³/mol. The first-order valence-corrected chi connectivity index (χ1v) is 5.46. The van der Waals surface area contributed by atoms with Crippen LogP contribution in [0, 0.1) is 23.2 Å². The summed E-state index contributed by atoms with van der Waals surface area (Å²) in [5, 5.41) is 0. The summed E-state index contributed by atoms with van der Waals surface area (Å²) in [5.41, 5.74) is 0.0723. The van der Waals surface area contributed by atoms with Crippen molar-refractivity contribution in [2.45, 2.75) is 32.6 Å². The van der Waals surface area contributed by atoms with Crippen molar-refractivity contribution in [2.75, 3.05) is 0 Å². The number of carbonyl (C=O) groups excluding carboxylic acids is 1. The highest BCUT2D eigenvalue weighted by atomic mass is 16.1. The SMILES string of the molecule is C[C@H]1[C@H]2CC[C@H](C2)[C@@]12CC=CC2=O. The highest BCUT2D eigenvalue weighted by Crippen LogP contribution is 2.62. The van der Waals surface area contributed by atoms with Crippen LogP contribution in [0.15, 0.2) is 12.2 Å². The van der Waals surface area contributed by atoms with Crippen molar-refractivity contribution in [1.82, 2.24) is 0 Å². The van der Waals surface area contributed by atoms with Gasteiger partial charge in [0, 0.05) is 5.41 Å². The Morgan fingerprint density at radius 3 is 2.85 bits per heavy atom. The molecule has 1 heteroatoms. The van der Waals surface area contributed by atoms with Gasteiger partial charge in [0.25, 0.3) is 0 Å². The van der Waals surface area contributed by atoms with Crippen molar-refractivity contribution in [1.29, 1.82) is 0 Å². The highest BCUT2D eigenvalue weighted by Gasteiger charge is 2.59. The van der Waals surface area contributed by atoms with Gasteiger partial charge >= 0.3 is 0 Å². The van der Waals surface area contributed by atoms with Crippen LogP contribution in [0.25, 0.3) is 0 Å². The third-order valence-corrected chi connectivity index (χ3v) is 4.90. The zero-order valence-corrected chi connectivity index (χ0v) is 8.12. The van der Waals surface area contributed by atoms with Gasteiger partial charge in [-0.1, -0.05) is 13.0 Å². The van der Waals surface area contributed by atoms with Crippen molar-refractivity contribution in [2.24, 2.45) is 23.2 Å². The van der Waals surface area contributed by atoms with Crippen LogP contribution >= 0.6 is 0 Å². The van der Waals surface area contributed by atoms with E-state index in [0.29, 0.717) is 11.7 Å². The first-order valence-electron chi connectivity index (χ1n) is 5.46. The number of carbonyl (C=O) groups is 1. The average molecular weight is 176 g/mol. The molecule has 3 rings (SSSR count). The lowest BCUT2D eigenvalue weighted by atomic mass is 9.65. The second-order valence-corrected chi connectivity index (χ2v) is 5.07. The first kappa shape index (κ1) is 7.78. The fourth-order valence-corrected chi connectivity index (χ4v) is 4.13. The number of rotatable bonds is 0. The zero-order valence-electron chi connectivity index (χ0n) is 8.12. The standard InChI is InChI=1S/C12H16O/c1-8-9-4-5-10(7-9)12(8)6-2-3-11(12)13/h2-3,8-10H,4-7H2,1H3/t8-,9-,10+,12+/m0/s1. The van der Waals surface area contributed by atoms with E-state index in [-0.39, 0.29) is 5.41 Å². The number of fused-ring (bicyclic) bond motifs is 3. The molecule has 4 atom stereocenters. The normalized spacial score (nSPS) is 52.7. The van der Waals surface area contributed by atoms with Crippen molar-refractivity contribution >= 4 is 5.78 Å². The predicted octanol–water partition coefficient (Wildman–Crippen LogP) is 2.57. The van der Waals surface area contributed by atoms with Crippen molar-refractivity contribution in [3.05, 3.63) is 12.2 Å². The topological polar surface area (TPSA) is 17.1 Å². The molecule has 0 saturated heterocycles. The molecule has 0 N–H and O–H groups in total. The number of allylic oxidation sites excluding steroid dienone is 2. The second-order valence-electron chi connectivity index (χ2n) is 5.07. The molecule has 0 amide bonds. The summed E-state index contributed by atoms with van der Waals surface area (Å²) >= 11 is 0. The van der Waals surface area contributed by atoms with Gasteiger partial charge in [0.1, 0.15) is 0 Å². The maximum absolute atomic E-state index is 11.9. The molecule has 0 aromatic carbocycles. The van der Waals surface area contributed by atoms with Crippen molar-refractivity contribution in [3.8, 4) is 0 Å². The van der Waals surface area contributed by atoms with Gasteiger partial charge < -0.3 is 0 Å². The molecule has 0 aromatic rings. The third-order valence-electron chi connectivity index (χ3n) is 4.90. The van der Waals surface area contributed by atoms with Gasteiger partial charge in [-0.25, -0.2) is 0 Å². The molecule has 13 heavy (non-hydrogen) atoms. The lowest BCUT2D eigenvalue weighted by Gasteiger charge is -2.37. The summed E-state index contributed by atoms with van der Waals surface area (Å²) in [6, 6.07) is 0. The van der Waals surface area contributed by atoms with Gasteiger partial charge in [-0.05, 0) is 49.5 Å². The molecule has 0 radical (unpaired) electrons. The van der Waals surface area contributed by atoms with Crippen molar-refractivity contribution < 1.29 is 4.79 Å². The van der Waals surface area contributed by atoms with Crippen LogP contribution in [-0.4, -0.2) is 5.78 Å². The molecular formula is C12H16O. The number of hydrogen-bond donors (Lipinski definition) is 0. The maximum atomic E-state index is 11.9.